The van der Waals surface area contributed by atoms with Crippen LogP contribution in [0.25, 0.3) is 0 Å². The van der Waals surface area contributed by atoms with Crippen molar-refractivity contribution < 1.29 is 13.2 Å². The average molecular weight is 423 g/mol. The molecule has 0 fully saturated rings. The number of fused-ring (bicyclic) bond motifs is 1. The molecule has 1 aromatic heterocycles. The lowest BCUT2D eigenvalue weighted by Gasteiger charge is -2.38. The number of hydrogen-bond acceptors (Lipinski definition) is 6. The molecular weight excluding hydrogens is 405 g/mol. The second kappa shape index (κ2) is 7.29. The number of benzene rings is 1. The van der Waals surface area contributed by atoms with Crippen LogP contribution in [0, 0.1) is 6.92 Å². The van der Waals surface area contributed by atoms with Crippen LogP contribution in [0.4, 0.5) is 13.2 Å². The number of rotatable bonds is 3. The van der Waals surface area contributed by atoms with Gasteiger partial charge in [0.2, 0.25) is 0 Å². The van der Waals surface area contributed by atoms with Crippen molar-refractivity contribution in [3.8, 4) is 0 Å². The van der Waals surface area contributed by atoms with Gasteiger partial charge in [-0.05, 0) is 25.5 Å². The predicted molar refractivity (Wildman–Crippen MR) is 101 cm³/mol. The lowest BCUT2D eigenvalue weighted by Crippen LogP contribution is -2.43. The Kier molecular flexibility index (Phi) is 4.94. The molecule has 0 saturated heterocycles. The lowest BCUT2D eigenvalue weighted by molar-refractivity contribution is -0.137. The smallest absolute Gasteiger partial charge is 0.365 e. The van der Waals surface area contributed by atoms with E-state index in [-0.39, 0.29) is 23.8 Å². The zero-order valence-corrected chi connectivity index (χ0v) is 16.5. The minimum absolute atomic E-state index is 0.00812. The molecule has 1 unspecified atom stereocenters. The first-order valence-corrected chi connectivity index (χ1v) is 9.40. The third-order valence-corrected chi connectivity index (χ3v) is 5.42. The topological polar surface area (TPSA) is 57.0 Å². The van der Waals surface area contributed by atoms with Gasteiger partial charge in [0.1, 0.15) is 5.69 Å². The van der Waals surface area contributed by atoms with Crippen LogP contribution >= 0.6 is 11.6 Å². The maximum absolute atomic E-state index is 13.1. The maximum atomic E-state index is 13.1. The molecule has 152 valence electrons. The minimum atomic E-state index is -4.49. The highest BCUT2D eigenvalue weighted by atomic mass is 35.5. The van der Waals surface area contributed by atoms with Gasteiger partial charge in [0.15, 0.2) is 12.0 Å². The molecule has 29 heavy (non-hydrogen) atoms. The van der Waals surface area contributed by atoms with Crippen LogP contribution in [0.2, 0.25) is 5.02 Å². The Bertz CT molecular complexity index is 973. The third kappa shape index (κ3) is 3.78. The monoisotopic (exact) mass is 422 g/mol. The maximum Gasteiger partial charge on any atom is 0.417 e. The molecule has 4 rings (SSSR count). The van der Waals surface area contributed by atoms with Gasteiger partial charge < -0.3 is 9.80 Å². The van der Waals surface area contributed by atoms with Gasteiger partial charge in [0, 0.05) is 31.5 Å². The van der Waals surface area contributed by atoms with Crippen molar-refractivity contribution >= 4 is 11.6 Å². The molecule has 0 bridgehead atoms. The van der Waals surface area contributed by atoms with Gasteiger partial charge in [0.05, 0.1) is 22.5 Å². The number of aromatic nitrogens is 2. The fraction of sp³-hybridized carbons (Fsp3) is 0.368. The SMILES string of the molecule is Cc1cnc(C2N=NC3=CN(Cc4cccc(C(F)(F)F)c4Cl)[C@@H](C)CN32)cn1. The Morgan fingerprint density at radius 1 is 1.21 bits per heavy atom. The Hall–Kier alpha value is -2.68. The van der Waals surface area contributed by atoms with Gasteiger partial charge >= 0.3 is 6.18 Å². The van der Waals surface area contributed by atoms with E-state index in [1.165, 1.54) is 6.07 Å². The van der Waals surface area contributed by atoms with Crippen LogP contribution in [-0.2, 0) is 12.7 Å². The van der Waals surface area contributed by atoms with Crippen molar-refractivity contribution in [2.24, 2.45) is 10.2 Å². The number of halogens is 4. The minimum Gasteiger partial charge on any atom is -0.365 e. The summed E-state index contributed by atoms with van der Waals surface area (Å²) in [6.45, 7) is 4.68. The summed E-state index contributed by atoms with van der Waals surface area (Å²) < 4.78 is 39.4. The molecule has 10 heteroatoms. The first-order chi connectivity index (χ1) is 13.7. The average Bonchev–Trinajstić information content (AvgIpc) is 3.06. The summed E-state index contributed by atoms with van der Waals surface area (Å²) in [4.78, 5) is 12.6. The van der Waals surface area contributed by atoms with Gasteiger partial charge in [-0.2, -0.15) is 18.3 Å². The van der Waals surface area contributed by atoms with Crippen LogP contribution in [-0.4, -0.2) is 32.4 Å². The summed E-state index contributed by atoms with van der Waals surface area (Å²) in [5.41, 5.74) is 1.10. The van der Waals surface area contributed by atoms with Crippen molar-refractivity contribution in [2.75, 3.05) is 6.54 Å². The first-order valence-electron chi connectivity index (χ1n) is 9.02. The quantitative estimate of drug-likeness (QED) is 0.704. The van der Waals surface area contributed by atoms with Crippen molar-refractivity contribution in [3.63, 3.8) is 0 Å². The van der Waals surface area contributed by atoms with Gasteiger partial charge in [-0.3, -0.25) is 9.97 Å². The number of hydrogen-bond donors (Lipinski definition) is 0. The molecule has 2 atom stereocenters. The van der Waals surface area contributed by atoms with Gasteiger partial charge in [-0.15, -0.1) is 5.11 Å². The molecule has 2 aliphatic heterocycles. The van der Waals surface area contributed by atoms with Crippen LogP contribution < -0.4 is 0 Å². The number of nitrogens with zero attached hydrogens (tertiary/aromatic N) is 6. The summed E-state index contributed by atoms with van der Waals surface area (Å²) in [5, 5.41) is 8.26. The summed E-state index contributed by atoms with van der Waals surface area (Å²) in [6, 6.07) is 3.98. The largest absolute Gasteiger partial charge is 0.417 e. The number of aryl methyl sites for hydroxylation is 1. The molecule has 0 aliphatic carbocycles. The van der Waals surface area contributed by atoms with Crippen LogP contribution in [0.3, 0.4) is 0 Å². The second-order valence-electron chi connectivity index (χ2n) is 7.11. The fourth-order valence-corrected chi connectivity index (χ4v) is 3.68. The lowest BCUT2D eigenvalue weighted by atomic mass is 10.1. The summed E-state index contributed by atoms with van der Waals surface area (Å²) in [5.74, 6) is 0.638. The normalized spacial score (nSPS) is 21.4. The van der Waals surface area contributed by atoms with E-state index < -0.39 is 11.7 Å². The van der Waals surface area contributed by atoms with E-state index in [9.17, 15) is 13.2 Å². The van der Waals surface area contributed by atoms with Crippen LogP contribution in [0.1, 0.15) is 35.6 Å². The van der Waals surface area contributed by atoms with Gasteiger partial charge in [-0.1, -0.05) is 23.7 Å². The molecule has 6 nitrogen and oxygen atoms in total. The second-order valence-corrected chi connectivity index (χ2v) is 7.49. The molecule has 0 N–H and O–H groups in total. The highest BCUT2D eigenvalue weighted by molar-refractivity contribution is 6.32. The molecule has 1 aromatic carbocycles. The van der Waals surface area contributed by atoms with Crippen molar-refractivity contribution in [2.45, 2.75) is 38.8 Å². The predicted octanol–water partition coefficient (Wildman–Crippen LogP) is 4.93. The Morgan fingerprint density at radius 3 is 2.69 bits per heavy atom. The molecule has 2 aliphatic rings. The summed E-state index contributed by atoms with van der Waals surface area (Å²) in [7, 11) is 0. The molecule has 0 saturated carbocycles. The standard InChI is InChI=1S/C19H18ClF3N6/c1-11-6-25-15(7-24-11)18-27-26-16-10-28(12(2)8-29(16)18)9-13-4-3-5-14(17(13)20)19(21,22)23/h3-7,10,12,18H,8-9H2,1-2H3/t12-,18?/m0/s1. The molecule has 3 heterocycles. The van der Waals surface area contributed by atoms with E-state index in [1.54, 1.807) is 24.7 Å². The Balaban J connectivity index is 1.57. The molecule has 0 spiro atoms. The highest BCUT2D eigenvalue weighted by Gasteiger charge is 2.36. The van der Waals surface area contributed by atoms with Gasteiger partial charge in [0.25, 0.3) is 0 Å². The van der Waals surface area contributed by atoms with E-state index >= 15 is 0 Å². The Labute approximate surface area is 170 Å². The van der Waals surface area contributed by atoms with Crippen molar-refractivity contribution in [3.05, 3.63) is 70.2 Å². The zero-order valence-electron chi connectivity index (χ0n) is 15.7. The third-order valence-electron chi connectivity index (χ3n) is 4.97. The van der Waals surface area contributed by atoms with Crippen LogP contribution in [0.5, 0.6) is 0 Å². The molecular formula is C19H18ClF3N6. The van der Waals surface area contributed by atoms with Crippen LogP contribution in [0.15, 0.2) is 52.8 Å². The zero-order chi connectivity index (χ0) is 20.8. The summed E-state index contributed by atoms with van der Waals surface area (Å²) in [6.07, 6.45) is 0.327. The van der Waals surface area contributed by atoms with Crippen molar-refractivity contribution in [1.29, 1.82) is 0 Å². The molecule has 0 radical (unpaired) electrons. The molecule has 0 amide bonds. The van der Waals surface area contributed by atoms with E-state index in [0.717, 1.165) is 11.8 Å². The summed E-state index contributed by atoms with van der Waals surface area (Å²) >= 11 is 6.05. The number of alkyl halides is 3. The molecule has 2 aromatic rings. The van der Waals surface area contributed by atoms with Gasteiger partial charge in [-0.25, -0.2) is 0 Å². The van der Waals surface area contributed by atoms with Crippen molar-refractivity contribution in [1.82, 2.24) is 19.8 Å². The van der Waals surface area contributed by atoms with E-state index in [2.05, 4.69) is 20.2 Å². The van der Waals surface area contributed by atoms with E-state index in [0.29, 0.717) is 23.6 Å². The van der Waals surface area contributed by atoms with E-state index in [4.69, 9.17) is 11.6 Å². The fourth-order valence-electron chi connectivity index (χ4n) is 3.39. The first kappa shape index (κ1) is 19.6. The highest BCUT2D eigenvalue weighted by Crippen LogP contribution is 2.38. The van der Waals surface area contributed by atoms with E-state index in [1.807, 2.05) is 23.6 Å². The number of azo groups is 1. The Morgan fingerprint density at radius 2 is 2.00 bits per heavy atom.